The second-order valence-electron chi connectivity index (χ2n) is 5.52. The number of carbonyl (C=O) groups is 1. The minimum atomic E-state index is 0.560. The van der Waals surface area contributed by atoms with Gasteiger partial charge in [0.25, 0.3) is 0 Å². The molecule has 2 aromatic rings. The van der Waals surface area contributed by atoms with Gasteiger partial charge in [0.2, 0.25) is 6.41 Å². The number of benzene rings is 1. The van der Waals surface area contributed by atoms with Crippen molar-refractivity contribution in [2.45, 2.75) is 26.2 Å². The van der Waals surface area contributed by atoms with E-state index in [4.69, 9.17) is 5.26 Å². The lowest BCUT2D eigenvalue weighted by atomic mass is 9.96. The Balaban J connectivity index is 2.12. The number of fused-ring (bicyclic) bond motifs is 1. The molecule has 3 rings (SSSR count). The van der Waals surface area contributed by atoms with Gasteiger partial charge in [-0.1, -0.05) is 13.3 Å². The molecule has 0 saturated carbocycles. The number of amides is 1. The maximum Gasteiger partial charge on any atom is 0.214 e. The van der Waals surface area contributed by atoms with E-state index in [9.17, 15) is 4.79 Å². The Morgan fingerprint density at radius 1 is 1.32 bits per heavy atom. The highest BCUT2D eigenvalue weighted by Gasteiger charge is 2.22. The van der Waals surface area contributed by atoms with Gasteiger partial charge in [-0.05, 0) is 47.7 Å². The average molecular weight is 291 g/mol. The third kappa shape index (κ3) is 2.46. The molecule has 110 valence electrons. The molecule has 22 heavy (non-hydrogen) atoms. The van der Waals surface area contributed by atoms with E-state index >= 15 is 0 Å². The van der Waals surface area contributed by atoms with Crippen molar-refractivity contribution >= 4 is 12.1 Å². The third-order valence-corrected chi connectivity index (χ3v) is 4.02. The van der Waals surface area contributed by atoms with Crippen molar-refractivity contribution < 1.29 is 4.79 Å². The zero-order valence-corrected chi connectivity index (χ0v) is 12.5. The van der Waals surface area contributed by atoms with Crippen LogP contribution in [0.2, 0.25) is 0 Å². The summed E-state index contributed by atoms with van der Waals surface area (Å²) >= 11 is 0. The first-order valence-electron chi connectivity index (χ1n) is 7.50. The molecule has 4 nitrogen and oxygen atoms in total. The van der Waals surface area contributed by atoms with Crippen molar-refractivity contribution in [2.24, 2.45) is 0 Å². The number of nitriles is 1. The van der Waals surface area contributed by atoms with Gasteiger partial charge in [-0.2, -0.15) is 5.26 Å². The normalized spacial score (nSPS) is 12.8. The average Bonchev–Trinajstić information content (AvgIpc) is 2.98. The van der Waals surface area contributed by atoms with Gasteiger partial charge < -0.3 is 4.90 Å². The van der Waals surface area contributed by atoms with Crippen molar-refractivity contribution in [3.05, 3.63) is 47.3 Å². The first-order valence-corrected chi connectivity index (χ1v) is 7.50. The topological polar surface area (TPSA) is 57.0 Å². The fraction of sp³-hybridized carbons (Fsp3) is 0.278. The SMILES string of the molecule is CCCc1cc(-c2cncc(C#N)c2)cc2c1N(C=O)CC2. The Bertz CT molecular complexity index is 761. The van der Waals surface area contributed by atoms with Gasteiger partial charge in [0.15, 0.2) is 0 Å². The quantitative estimate of drug-likeness (QED) is 0.813. The van der Waals surface area contributed by atoms with E-state index in [1.807, 2.05) is 6.07 Å². The van der Waals surface area contributed by atoms with E-state index < -0.39 is 0 Å². The summed E-state index contributed by atoms with van der Waals surface area (Å²) in [6.45, 7) is 2.88. The van der Waals surface area contributed by atoms with Crippen LogP contribution in [0.5, 0.6) is 0 Å². The summed E-state index contributed by atoms with van der Waals surface area (Å²) in [7, 11) is 0. The molecule has 2 heterocycles. The molecule has 0 fully saturated rings. The van der Waals surface area contributed by atoms with E-state index in [1.54, 1.807) is 17.3 Å². The molecule has 0 N–H and O–H groups in total. The zero-order chi connectivity index (χ0) is 15.5. The molecule has 0 spiro atoms. The van der Waals surface area contributed by atoms with E-state index in [2.05, 4.69) is 30.1 Å². The summed E-state index contributed by atoms with van der Waals surface area (Å²) in [6.07, 6.45) is 7.11. The van der Waals surface area contributed by atoms with Crippen LogP contribution in [0.15, 0.2) is 30.6 Å². The second kappa shape index (κ2) is 5.98. The molecule has 0 atom stereocenters. The number of nitrogens with zero attached hydrogens (tertiary/aromatic N) is 3. The summed E-state index contributed by atoms with van der Waals surface area (Å²) in [6, 6.07) is 8.23. The molecule has 0 saturated heterocycles. The molecule has 1 aliphatic heterocycles. The van der Waals surface area contributed by atoms with E-state index in [1.165, 1.54) is 11.1 Å². The van der Waals surface area contributed by atoms with Crippen LogP contribution in [0.1, 0.15) is 30.0 Å². The van der Waals surface area contributed by atoms with Crippen LogP contribution >= 0.6 is 0 Å². The molecular formula is C18H17N3O. The number of pyridine rings is 1. The Kier molecular flexibility index (Phi) is 3.88. The number of carbonyl (C=O) groups excluding carboxylic acids is 1. The summed E-state index contributed by atoms with van der Waals surface area (Å²) in [4.78, 5) is 17.2. The minimum Gasteiger partial charge on any atom is -0.314 e. The second-order valence-corrected chi connectivity index (χ2v) is 5.52. The Hall–Kier alpha value is -2.67. The summed E-state index contributed by atoms with van der Waals surface area (Å²) in [5.41, 5.74) is 6.05. The standard InChI is InChI=1S/C18H17N3O/c1-2-3-14-7-16(17-6-13(9-19)10-20-11-17)8-15-4-5-21(12-22)18(14)15/h6-8,10-12H,2-5H2,1H3. The lowest BCUT2D eigenvalue weighted by molar-refractivity contribution is -0.107. The predicted molar refractivity (Wildman–Crippen MR) is 85.5 cm³/mol. The molecule has 0 unspecified atom stereocenters. The van der Waals surface area contributed by atoms with E-state index in [-0.39, 0.29) is 0 Å². The highest BCUT2D eigenvalue weighted by molar-refractivity contribution is 5.84. The van der Waals surface area contributed by atoms with Crippen molar-refractivity contribution in [1.29, 1.82) is 5.26 Å². The Labute approximate surface area is 130 Å². The van der Waals surface area contributed by atoms with Crippen LogP contribution in [-0.2, 0) is 17.6 Å². The molecule has 1 aromatic carbocycles. The maximum atomic E-state index is 11.2. The Morgan fingerprint density at radius 2 is 2.18 bits per heavy atom. The van der Waals surface area contributed by atoms with Crippen molar-refractivity contribution in [2.75, 3.05) is 11.4 Å². The molecule has 1 aliphatic rings. The number of rotatable bonds is 4. The molecule has 4 heteroatoms. The van der Waals surface area contributed by atoms with Gasteiger partial charge in [0.05, 0.1) is 5.56 Å². The van der Waals surface area contributed by atoms with Gasteiger partial charge >= 0.3 is 0 Å². The molecule has 0 aliphatic carbocycles. The highest BCUT2D eigenvalue weighted by atomic mass is 16.1. The molecule has 1 aromatic heterocycles. The summed E-state index contributed by atoms with van der Waals surface area (Å²) in [5.74, 6) is 0. The lowest BCUT2D eigenvalue weighted by Crippen LogP contribution is -2.18. The molecule has 0 bridgehead atoms. The highest BCUT2D eigenvalue weighted by Crippen LogP contribution is 2.36. The predicted octanol–water partition coefficient (Wildman–Crippen LogP) is 3.09. The van der Waals surface area contributed by atoms with Gasteiger partial charge in [0, 0.05) is 30.2 Å². The van der Waals surface area contributed by atoms with Crippen molar-refractivity contribution in [3.63, 3.8) is 0 Å². The number of hydrogen-bond acceptors (Lipinski definition) is 3. The van der Waals surface area contributed by atoms with Gasteiger partial charge in [-0.3, -0.25) is 9.78 Å². The van der Waals surface area contributed by atoms with Gasteiger partial charge in [0.1, 0.15) is 6.07 Å². The van der Waals surface area contributed by atoms with Crippen molar-refractivity contribution in [1.82, 2.24) is 4.98 Å². The summed E-state index contributed by atoms with van der Waals surface area (Å²) < 4.78 is 0. The van der Waals surface area contributed by atoms with Crippen LogP contribution in [0, 0.1) is 11.3 Å². The first-order chi connectivity index (χ1) is 10.8. The fourth-order valence-electron chi connectivity index (χ4n) is 3.06. The largest absolute Gasteiger partial charge is 0.314 e. The van der Waals surface area contributed by atoms with Crippen molar-refractivity contribution in [3.8, 4) is 17.2 Å². The fourth-order valence-corrected chi connectivity index (χ4v) is 3.06. The number of hydrogen-bond donors (Lipinski definition) is 0. The van der Waals surface area contributed by atoms with E-state index in [0.717, 1.165) is 49.0 Å². The zero-order valence-electron chi connectivity index (χ0n) is 12.5. The molecular weight excluding hydrogens is 274 g/mol. The minimum absolute atomic E-state index is 0.560. The summed E-state index contributed by atoms with van der Waals surface area (Å²) in [5, 5.41) is 9.03. The molecule has 0 radical (unpaired) electrons. The molecule has 1 amide bonds. The van der Waals surface area contributed by atoms with Crippen LogP contribution < -0.4 is 4.90 Å². The Morgan fingerprint density at radius 3 is 2.91 bits per heavy atom. The smallest absolute Gasteiger partial charge is 0.214 e. The number of aromatic nitrogens is 1. The number of aryl methyl sites for hydroxylation is 1. The third-order valence-electron chi connectivity index (χ3n) is 4.02. The number of anilines is 1. The van der Waals surface area contributed by atoms with Gasteiger partial charge in [-0.15, -0.1) is 0 Å². The maximum absolute atomic E-state index is 11.2. The monoisotopic (exact) mass is 291 g/mol. The van der Waals surface area contributed by atoms with Crippen LogP contribution in [0.3, 0.4) is 0 Å². The van der Waals surface area contributed by atoms with Gasteiger partial charge in [-0.25, -0.2) is 0 Å². The lowest BCUT2D eigenvalue weighted by Gasteiger charge is -2.17. The van der Waals surface area contributed by atoms with Crippen LogP contribution in [0.4, 0.5) is 5.69 Å². The van der Waals surface area contributed by atoms with Crippen LogP contribution in [-0.4, -0.2) is 17.9 Å². The van der Waals surface area contributed by atoms with Crippen LogP contribution in [0.25, 0.3) is 11.1 Å². The van der Waals surface area contributed by atoms with E-state index in [0.29, 0.717) is 5.56 Å². The first kappa shape index (κ1) is 14.3.